The molecular weight excluding hydrogens is 320 g/mol. The molecule has 0 aromatic heterocycles. The van der Waals surface area contributed by atoms with Crippen LogP contribution in [0.1, 0.15) is 0 Å². The van der Waals surface area contributed by atoms with E-state index in [1.807, 2.05) is 0 Å². The van der Waals surface area contributed by atoms with Gasteiger partial charge in [-0.25, -0.2) is 0 Å². The van der Waals surface area contributed by atoms with E-state index in [1.54, 1.807) is 0 Å². The highest BCUT2D eigenvalue weighted by Gasteiger charge is 2.44. The lowest BCUT2D eigenvalue weighted by molar-refractivity contribution is -0.299. The summed E-state index contributed by atoms with van der Waals surface area (Å²) in [6.07, 6.45) is -13.5. The van der Waals surface area contributed by atoms with Gasteiger partial charge in [-0.15, -0.1) is 0 Å². The molecule has 0 aromatic carbocycles. The molecule has 0 spiro atoms. The van der Waals surface area contributed by atoms with Gasteiger partial charge in [-0.2, -0.15) is 0 Å². The average Bonchev–Trinajstić information content (AvgIpc) is 2.56. The first kappa shape index (κ1) is 20.3. The first-order valence-corrected chi connectivity index (χ1v) is 6.84. The van der Waals surface area contributed by atoms with E-state index in [2.05, 4.69) is 0 Å². The fourth-order valence-corrected chi connectivity index (χ4v) is 1.96. The molecule has 11 heteroatoms. The Labute approximate surface area is 130 Å². The Balaban J connectivity index is 2.57. The number of Topliss-reactive ketones (excluding diaryl/α,β-unsaturated/α-hetero) is 1. The fourth-order valence-electron chi connectivity index (χ4n) is 1.96. The van der Waals surface area contributed by atoms with Crippen molar-refractivity contribution in [2.75, 3.05) is 19.8 Å². The summed E-state index contributed by atoms with van der Waals surface area (Å²) in [5, 5.41) is 74.4. The second kappa shape index (κ2) is 8.94. The molecule has 0 unspecified atom stereocenters. The van der Waals surface area contributed by atoms with Crippen LogP contribution >= 0.6 is 0 Å². The van der Waals surface area contributed by atoms with E-state index in [0.29, 0.717) is 0 Å². The Morgan fingerprint density at radius 2 is 1.65 bits per heavy atom. The van der Waals surface area contributed by atoms with Gasteiger partial charge in [-0.05, 0) is 0 Å². The van der Waals surface area contributed by atoms with E-state index in [0.717, 1.165) is 0 Å². The summed E-state index contributed by atoms with van der Waals surface area (Å²) in [4.78, 5) is 11.6. The molecule has 1 aliphatic rings. The van der Waals surface area contributed by atoms with Gasteiger partial charge >= 0.3 is 0 Å². The quantitative estimate of drug-likeness (QED) is 0.209. The Bertz CT molecular complexity index is 376. The van der Waals surface area contributed by atoms with Crippen LogP contribution in [0.5, 0.6) is 0 Å². The molecule has 0 aliphatic carbocycles. The van der Waals surface area contributed by atoms with Crippen molar-refractivity contribution >= 4 is 5.78 Å². The van der Waals surface area contributed by atoms with Crippen molar-refractivity contribution in [3.05, 3.63) is 0 Å². The highest BCUT2D eigenvalue weighted by Crippen LogP contribution is 2.22. The number of aliphatic hydroxyl groups is 8. The summed E-state index contributed by atoms with van der Waals surface area (Å²) in [6.45, 7) is -2.42. The van der Waals surface area contributed by atoms with Crippen molar-refractivity contribution in [1.29, 1.82) is 0 Å². The van der Waals surface area contributed by atoms with Crippen molar-refractivity contribution in [2.24, 2.45) is 0 Å². The zero-order chi connectivity index (χ0) is 17.7. The molecule has 11 nitrogen and oxygen atoms in total. The van der Waals surface area contributed by atoms with Crippen LogP contribution in [0.25, 0.3) is 0 Å². The maximum atomic E-state index is 11.6. The molecule has 0 amide bonds. The monoisotopic (exact) mass is 342 g/mol. The normalized spacial score (nSPS) is 35.6. The van der Waals surface area contributed by atoms with Gasteiger partial charge in [0.15, 0.2) is 12.1 Å². The van der Waals surface area contributed by atoms with Crippen LogP contribution < -0.4 is 0 Å². The summed E-state index contributed by atoms with van der Waals surface area (Å²) < 4.78 is 9.85. The Kier molecular flexibility index (Phi) is 7.89. The predicted molar refractivity (Wildman–Crippen MR) is 69.8 cm³/mol. The molecular formula is C12H22O11. The Morgan fingerprint density at radius 3 is 2.17 bits per heavy atom. The van der Waals surface area contributed by atoms with E-state index >= 15 is 0 Å². The average molecular weight is 342 g/mol. The van der Waals surface area contributed by atoms with Crippen LogP contribution in [0.3, 0.4) is 0 Å². The minimum absolute atomic E-state index is 0.678. The summed E-state index contributed by atoms with van der Waals surface area (Å²) in [5.41, 5.74) is 0. The van der Waals surface area contributed by atoms with E-state index in [-0.39, 0.29) is 0 Å². The summed E-state index contributed by atoms with van der Waals surface area (Å²) in [6, 6.07) is 0. The van der Waals surface area contributed by atoms with E-state index in [1.165, 1.54) is 0 Å². The maximum Gasteiger partial charge on any atom is 0.189 e. The fraction of sp³-hybridized carbons (Fsp3) is 0.917. The lowest BCUT2D eigenvalue weighted by Gasteiger charge is -2.39. The number of aliphatic hydroxyl groups excluding tert-OH is 8. The van der Waals surface area contributed by atoms with Crippen LogP contribution in [-0.2, 0) is 14.3 Å². The molecule has 136 valence electrons. The number of rotatable bonds is 8. The summed E-state index contributed by atoms with van der Waals surface area (Å²) >= 11 is 0. The van der Waals surface area contributed by atoms with Crippen LogP contribution in [0, 0.1) is 0 Å². The molecule has 8 atom stereocenters. The molecule has 1 fully saturated rings. The molecule has 8 N–H and O–H groups in total. The molecule has 1 saturated heterocycles. The smallest absolute Gasteiger partial charge is 0.189 e. The number of carbonyl (C=O) groups is 1. The molecule has 1 heterocycles. The van der Waals surface area contributed by atoms with E-state index in [4.69, 9.17) is 24.8 Å². The first-order chi connectivity index (χ1) is 10.7. The molecule has 0 bridgehead atoms. The van der Waals surface area contributed by atoms with Crippen molar-refractivity contribution in [3.63, 3.8) is 0 Å². The third-order valence-electron chi connectivity index (χ3n) is 3.47. The molecule has 1 aliphatic heterocycles. The Morgan fingerprint density at radius 1 is 1.04 bits per heavy atom. The van der Waals surface area contributed by atoms with Gasteiger partial charge < -0.3 is 50.3 Å². The third kappa shape index (κ3) is 4.87. The van der Waals surface area contributed by atoms with Gasteiger partial charge in [0.25, 0.3) is 0 Å². The minimum atomic E-state index is -2.05. The minimum Gasteiger partial charge on any atom is -0.394 e. The van der Waals surface area contributed by atoms with Crippen molar-refractivity contribution in [1.82, 2.24) is 0 Å². The Hall–Kier alpha value is -0.730. The number of hydrogen-bond donors (Lipinski definition) is 8. The lowest BCUT2D eigenvalue weighted by atomic mass is 9.99. The van der Waals surface area contributed by atoms with E-state index in [9.17, 15) is 30.3 Å². The van der Waals surface area contributed by atoms with Crippen LogP contribution in [0.4, 0.5) is 0 Å². The third-order valence-corrected chi connectivity index (χ3v) is 3.47. The highest BCUT2D eigenvalue weighted by atomic mass is 16.7. The predicted octanol–water partition coefficient (Wildman–Crippen LogP) is -5.55. The second-order valence-corrected chi connectivity index (χ2v) is 5.16. The van der Waals surface area contributed by atoms with Gasteiger partial charge in [0.1, 0.15) is 49.3 Å². The van der Waals surface area contributed by atoms with Crippen molar-refractivity contribution < 1.29 is 55.1 Å². The number of ether oxygens (including phenoxy) is 2. The van der Waals surface area contributed by atoms with Gasteiger partial charge in [0, 0.05) is 0 Å². The lowest BCUT2D eigenvalue weighted by Crippen LogP contribution is -2.59. The standard InChI is InChI=1S/C12H22O11/c13-1-4(15)7(17)8(18)5(16)3-22-12-11(21)10(20)9(19)6(2-14)23-12/h4,6-15,17-21H,1-3H2/t4-,6+,7+,8-,9+,10-,11+,12+/m0/s1. The van der Waals surface area contributed by atoms with Gasteiger partial charge in [-0.1, -0.05) is 0 Å². The number of ketones is 1. The zero-order valence-electron chi connectivity index (χ0n) is 12.0. The molecule has 0 radical (unpaired) electrons. The van der Waals surface area contributed by atoms with Crippen molar-refractivity contribution in [3.8, 4) is 0 Å². The number of hydrogen-bond acceptors (Lipinski definition) is 11. The molecule has 23 heavy (non-hydrogen) atoms. The molecule has 0 saturated carbocycles. The molecule has 0 aromatic rings. The van der Waals surface area contributed by atoms with Crippen LogP contribution in [0.2, 0.25) is 0 Å². The highest BCUT2D eigenvalue weighted by molar-refractivity contribution is 5.84. The summed E-state index contributed by atoms with van der Waals surface area (Å²) in [7, 11) is 0. The molecule has 1 rings (SSSR count). The largest absolute Gasteiger partial charge is 0.394 e. The van der Waals surface area contributed by atoms with Gasteiger partial charge in [0.05, 0.1) is 13.2 Å². The van der Waals surface area contributed by atoms with Crippen molar-refractivity contribution in [2.45, 2.75) is 49.0 Å². The van der Waals surface area contributed by atoms with E-state index < -0.39 is 74.6 Å². The summed E-state index contributed by atoms with van der Waals surface area (Å²) in [5.74, 6) is -1.08. The first-order valence-electron chi connectivity index (χ1n) is 6.84. The number of carbonyl (C=O) groups excluding carboxylic acids is 1. The second-order valence-electron chi connectivity index (χ2n) is 5.16. The topological polar surface area (TPSA) is 197 Å². The van der Waals surface area contributed by atoms with Gasteiger partial charge in [0.2, 0.25) is 0 Å². The van der Waals surface area contributed by atoms with Gasteiger partial charge in [-0.3, -0.25) is 4.79 Å². The maximum absolute atomic E-state index is 11.6. The van der Waals surface area contributed by atoms with Crippen LogP contribution in [0.15, 0.2) is 0 Å². The zero-order valence-corrected chi connectivity index (χ0v) is 12.0. The van der Waals surface area contributed by atoms with Crippen LogP contribution in [-0.4, -0.2) is 115 Å². The SMILES string of the molecule is O=C(CO[C@@H]1O[C@H](CO)[C@@H](O)[C@H](O)[C@H]1O)[C@H](O)[C@H](O)[C@@H](O)CO.